The van der Waals surface area contributed by atoms with Crippen LogP contribution in [0.15, 0.2) is 48.7 Å². The summed E-state index contributed by atoms with van der Waals surface area (Å²) in [6, 6.07) is 12.5. The number of hydrogen-bond acceptors (Lipinski definition) is 8. The third-order valence-electron chi connectivity index (χ3n) is 5.37. The molecule has 0 saturated carbocycles. The number of anilines is 1. The van der Waals surface area contributed by atoms with Crippen molar-refractivity contribution in [2.45, 2.75) is 32.0 Å². The molecule has 2 atom stereocenters. The van der Waals surface area contributed by atoms with Gasteiger partial charge in [-0.15, -0.1) is 0 Å². The Balaban J connectivity index is 0.000000748. The number of rotatable bonds is 5. The molecule has 0 spiro atoms. The van der Waals surface area contributed by atoms with Crippen LogP contribution in [0.4, 0.5) is 14.5 Å². The molecule has 0 unspecified atom stereocenters. The lowest BCUT2D eigenvalue weighted by Gasteiger charge is -2.20. The molecule has 4 heterocycles. The molecule has 204 valence electrons. The molecule has 5 rings (SSSR count). The molecular formula is C26H30ClF2N5O3S. The van der Waals surface area contributed by atoms with Gasteiger partial charge in [-0.1, -0.05) is 49.7 Å². The minimum absolute atomic E-state index is 0.137. The number of fused-ring (bicyclic) bond motifs is 1. The van der Waals surface area contributed by atoms with Gasteiger partial charge < -0.3 is 25.3 Å². The van der Waals surface area contributed by atoms with Gasteiger partial charge in [0.2, 0.25) is 0 Å². The van der Waals surface area contributed by atoms with Gasteiger partial charge in [0.25, 0.3) is 6.01 Å². The maximum Gasteiger partial charge on any atom is 0.314 e. The highest BCUT2D eigenvalue weighted by Crippen LogP contribution is 2.35. The van der Waals surface area contributed by atoms with Gasteiger partial charge in [0.15, 0.2) is 11.8 Å². The van der Waals surface area contributed by atoms with Crippen molar-refractivity contribution < 1.29 is 23.4 Å². The van der Waals surface area contributed by atoms with Crippen molar-refractivity contribution in [2.24, 2.45) is 0 Å². The van der Waals surface area contributed by atoms with Gasteiger partial charge in [0, 0.05) is 11.1 Å². The Bertz CT molecular complexity index is 1320. The minimum Gasteiger partial charge on any atom is -0.452 e. The summed E-state index contributed by atoms with van der Waals surface area (Å²) in [6.07, 6.45) is 2.47. The molecule has 1 aliphatic heterocycles. The van der Waals surface area contributed by atoms with E-state index in [1.54, 1.807) is 30.1 Å². The Morgan fingerprint density at radius 2 is 1.82 bits per heavy atom. The number of hydrogen-bond donors (Lipinski definition) is 3. The van der Waals surface area contributed by atoms with Crippen LogP contribution < -0.4 is 10.5 Å². The number of benzene rings is 1. The molecule has 38 heavy (non-hydrogen) atoms. The van der Waals surface area contributed by atoms with E-state index in [2.05, 4.69) is 19.9 Å². The SMILES string of the molecule is CC.CSC.Nc1ccc(-c2ccc(-c3nc4nc(O[C@@H]5CO[C@H](CO)C5(F)F)[nH]c4cc3Cl)cc2)nc1. The second-order valence-corrected chi connectivity index (χ2v) is 9.20. The van der Waals surface area contributed by atoms with E-state index in [1.807, 2.05) is 56.7 Å². The number of imidazole rings is 1. The topological polar surface area (TPSA) is 119 Å². The van der Waals surface area contributed by atoms with Gasteiger partial charge in [-0.3, -0.25) is 4.98 Å². The van der Waals surface area contributed by atoms with Crippen molar-refractivity contribution in [2.75, 3.05) is 31.5 Å². The molecule has 4 aromatic rings. The second kappa shape index (κ2) is 13.2. The van der Waals surface area contributed by atoms with E-state index in [-0.39, 0.29) is 18.3 Å². The number of nitrogens with two attached hydrogens (primary N) is 1. The van der Waals surface area contributed by atoms with Crippen LogP contribution in [0.25, 0.3) is 33.7 Å². The van der Waals surface area contributed by atoms with Gasteiger partial charge in [-0.25, -0.2) is 4.98 Å². The zero-order chi connectivity index (χ0) is 27.9. The van der Waals surface area contributed by atoms with Gasteiger partial charge in [-0.05, 0) is 30.7 Å². The number of alkyl halides is 2. The minimum atomic E-state index is -3.36. The van der Waals surface area contributed by atoms with Crippen LogP contribution in [0, 0.1) is 0 Å². The van der Waals surface area contributed by atoms with Crippen LogP contribution in [0.1, 0.15) is 13.8 Å². The first kappa shape index (κ1) is 29.6. The second-order valence-electron chi connectivity index (χ2n) is 7.98. The van der Waals surface area contributed by atoms with E-state index < -0.39 is 24.7 Å². The van der Waals surface area contributed by atoms with Gasteiger partial charge in [-0.2, -0.15) is 25.5 Å². The summed E-state index contributed by atoms with van der Waals surface area (Å²) in [4.78, 5) is 15.8. The molecular weight excluding hydrogens is 536 g/mol. The van der Waals surface area contributed by atoms with Crippen LogP contribution in [0.3, 0.4) is 0 Å². The summed E-state index contributed by atoms with van der Waals surface area (Å²) >= 11 is 8.18. The third-order valence-corrected chi connectivity index (χ3v) is 5.66. The van der Waals surface area contributed by atoms with Crippen molar-refractivity contribution >= 4 is 40.2 Å². The fourth-order valence-corrected chi connectivity index (χ4v) is 3.84. The lowest BCUT2D eigenvalue weighted by molar-refractivity contribution is -0.118. The fraction of sp³-hybridized carbons (Fsp3) is 0.346. The van der Waals surface area contributed by atoms with E-state index in [0.29, 0.717) is 21.9 Å². The molecule has 0 aliphatic carbocycles. The third kappa shape index (κ3) is 6.52. The molecule has 1 saturated heterocycles. The predicted molar refractivity (Wildman–Crippen MR) is 149 cm³/mol. The Morgan fingerprint density at radius 3 is 2.39 bits per heavy atom. The van der Waals surface area contributed by atoms with Gasteiger partial charge in [0.1, 0.15) is 6.10 Å². The standard InChI is InChI=1S/C22H18ClF2N5O3.C2H6S.C2H6/c23-14-7-16-20(30-21(28-16)33-18-10-32-17(9-31)22(18,24)25)29-19(14)12-3-1-11(2-4-12)15-6-5-13(26)8-27-15;1-3-2;1-2/h1-8,17-18,31H,9-10,26H2,(H,28,29,30);1-2H3;1-2H3/t17-,18-;;/m1../s1. The number of aliphatic hydroxyl groups excluding tert-OH is 1. The first-order valence-electron chi connectivity index (χ1n) is 11.8. The summed E-state index contributed by atoms with van der Waals surface area (Å²) in [5.41, 5.74) is 9.85. The van der Waals surface area contributed by atoms with Crippen LogP contribution in [-0.4, -0.2) is 68.9 Å². The number of H-pyrrole nitrogens is 1. The number of thioether (sulfide) groups is 1. The molecule has 1 aromatic carbocycles. The summed E-state index contributed by atoms with van der Waals surface area (Å²) in [6.45, 7) is 2.82. The van der Waals surface area contributed by atoms with Crippen LogP contribution in [-0.2, 0) is 4.74 Å². The summed E-state index contributed by atoms with van der Waals surface area (Å²) in [7, 11) is 0. The maximum atomic E-state index is 14.2. The highest BCUT2D eigenvalue weighted by molar-refractivity contribution is 7.97. The van der Waals surface area contributed by atoms with E-state index >= 15 is 0 Å². The number of nitrogen functional groups attached to an aromatic ring is 1. The van der Waals surface area contributed by atoms with Crippen molar-refractivity contribution in [3.8, 4) is 28.5 Å². The quantitative estimate of drug-likeness (QED) is 0.282. The van der Waals surface area contributed by atoms with E-state index in [1.165, 1.54) is 0 Å². The normalized spacial score (nSPS) is 17.8. The number of halogens is 3. The Morgan fingerprint density at radius 1 is 1.16 bits per heavy atom. The molecule has 0 bridgehead atoms. The number of nitrogens with one attached hydrogen (secondary N) is 1. The molecule has 12 heteroatoms. The van der Waals surface area contributed by atoms with Crippen LogP contribution in [0.5, 0.6) is 6.01 Å². The maximum absolute atomic E-state index is 14.2. The highest BCUT2D eigenvalue weighted by atomic mass is 35.5. The zero-order valence-electron chi connectivity index (χ0n) is 21.4. The average Bonchev–Trinajstić information content (AvgIpc) is 3.44. The van der Waals surface area contributed by atoms with Crippen molar-refractivity contribution in [1.82, 2.24) is 19.9 Å². The van der Waals surface area contributed by atoms with Crippen molar-refractivity contribution in [1.29, 1.82) is 0 Å². The molecule has 3 aromatic heterocycles. The monoisotopic (exact) mass is 565 g/mol. The van der Waals surface area contributed by atoms with E-state index in [4.69, 9.17) is 31.9 Å². The van der Waals surface area contributed by atoms with E-state index in [9.17, 15) is 8.78 Å². The number of aromatic amines is 1. The molecule has 1 aliphatic rings. The van der Waals surface area contributed by atoms with Crippen LogP contribution in [0.2, 0.25) is 5.02 Å². The first-order chi connectivity index (χ1) is 18.3. The first-order valence-corrected chi connectivity index (χ1v) is 13.8. The van der Waals surface area contributed by atoms with Gasteiger partial charge >= 0.3 is 5.92 Å². The lowest BCUT2D eigenvalue weighted by atomic mass is 10.1. The lowest BCUT2D eigenvalue weighted by Crippen LogP contribution is -2.43. The zero-order valence-corrected chi connectivity index (χ0v) is 23.0. The number of nitrogens with zero attached hydrogens (tertiary/aromatic N) is 3. The molecule has 0 radical (unpaired) electrons. The summed E-state index contributed by atoms with van der Waals surface area (Å²) in [5, 5.41) is 9.40. The largest absolute Gasteiger partial charge is 0.452 e. The number of ether oxygens (including phenoxy) is 2. The Hall–Kier alpha value is -2.99. The fourth-order valence-electron chi connectivity index (χ4n) is 3.58. The Labute approximate surface area is 229 Å². The number of aromatic nitrogens is 4. The molecule has 4 N–H and O–H groups in total. The highest BCUT2D eigenvalue weighted by Gasteiger charge is 2.55. The van der Waals surface area contributed by atoms with Crippen LogP contribution >= 0.6 is 23.4 Å². The number of aliphatic hydroxyl groups is 1. The predicted octanol–water partition coefficient (Wildman–Crippen LogP) is 5.70. The molecule has 0 amide bonds. The van der Waals surface area contributed by atoms with Crippen molar-refractivity contribution in [3.63, 3.8) is 0 Å². The summed E-state index contributed by atoms with van der Waals surface area (Å²) < 4.78 is 38.7. The molecule has 1 fully saturated rings. The smallest absolute Gasteiger partial charge is 0.314 e. The number of pyridine rings is 2. The Kier molecular flexibility index (Phi) is 10.3. The average molecular weight is 566 g/mol. The van der Waals surface area contributed by atoms with Crippen molar-refractivity contribution in [3.05, 3.63) is 53.7 Å². The molecule has 8 nitrogen and oxygen atoms in total. The van der Waals surface area contributed by atoms with E-state index in [0.717, 1.165) is 16.8 Å². The summed E-state index contributed by atoms with van der Waals surface area (Å²) in [5.74, 6) is -3.36. The van der Waals surface area contributed by atoms with Gasteiger partial charge in [0.05, 0.1) is 47.0 Å².